The molecular formula is C14H20N4O2S. The zero-order valence-corrected chi connectivity index (χ0v) is 13.6. The molecule has 0 aliphatic carbocycles. The first kappa shape index (κ1) is 15.6. The van der Waals surface area contributed by atoms with Crippen LogP contribution >= 0.6 is 0 Å². The molecule has 6 nitrogen and oxygen atoms in total. The van der Waals surface area contributed by atoms with Gasteiger partial charge in [-0.15, -0.1) is 10.2 Å². The Hall–Kier alpha value is -1.76. The summed E-state index contributed by atoms with van der Waals surface area (Å²) < 4.78 is 24.7. The van der Waals surface area contributed by atoms with Gasteiger partial charge in [-0.05, 0) is 29.2 Å². The minimum absolute atomic E-state index is 0.000444. The van der Waals surface area contributed by atoms with Gasteiger partial charge in [0.25, 0.3) is 0 Å². The van der Waals surface area contributed by atoms with Crippen molar-refractivity contribution in [1.29, 1.82) is 0 Å². The van der Waals surface area contributed by atoms with Gasteiger partial charge in [-0.1, -0.05) is 37.6 Å². The summed E-state index contributed by atoms with van der Waals surface area (Å²) in [4.78, 5) is 1.26. The lowest BCUT2D eigenvalue weighted by molar-refractivity contribution is 0.592. The molecule has 114 valence electrons. The van der Waals surface area contributed by atoms with E-state index in [4.69, 9.17) is 0 Å². The number of aryl methyl sites for hydroxylation is 2. The molecule has 1 aromatic heterocycles. The van der Waals surface area contributed by atoms with Crippen LogP contribution in [0.15, 0.2) is 18.2 Å². The van der Waals surface area contributed by atoms with E-state index in [0.29, 0.717) is 0 Å². The Labute approximate surface area is 125 Å². The van der Waals surface area contributed by atoms with E-state index in [-0.39, 0.29) is 23.2 Å². The third-order valence-electron chi connectivity index (χ3n) is 3.19. The fraction of sp³-hybridized carbons (Fsp3) is 0.500. The number of hydrogen-bond acceptors (Lipinski definition) is 5. The summed E-state index contributed by atoms with van der Waals surface area (Å²) >= 11 is 0. The summed E-state index contributed by atoms with van der Waals surface area (Å²) in [6, 6.07) is 5.96. The number of hydrogen-bond donors (Lipinski definition) is 0. The largest absolute Gasteiger partial charge is 0.228 e. The van der Waals surface area contributed by atoms with Crippen molar-refractivity contribution in [1.82, 2.24) is 20.2 Å². The van der Waals surface area contributed by atoms with Crippen molar-refractivity contribution in [3.8, 4) is 0 Å². The van der Waals surface area contributed by atoms with Crippen molar-refractivity contribution in [2.45, 2.75) is 38.2 Å². The SMILES string of the molecule is Cc1ccc(C(C)C)c(CS(=O)(=O)Cc2nnn(C)n2)c1. The minimum Gasteiger partial charge on any atom is -0.228 e. The first-order valence-corrected chi connectivity index (χ1v) is 8.61. The summed E-state index contributed by atoms with van der Waals surface area (Å²) in [7, 11) is -1.71. The highest BCUT2D eigenvalue weighted by Crippen LogP contribution is 2.23. The molecule has 0 aliphatic heterocycles. The smallest absolute Gasteiger partial charge is 0.189 e. The van der Waals surface area contributed by atoms with E-state index < -0.39 is 9.84 Å². The molecule has 0 atom stereocenters. The van der Waals surface area contributed by atoms with Crippen LogP contribution in [0.3, 0.4) is 0 Å². The van der Waals surface area contributed by atoms with Crippen molar-refractivity contribution < 1.29 is 8.42 Å². The average Bonchev–Trinajstić information content (AvgIpc) is 2.72. The van der Waals surface area contributed by atoms with Gasteiger partial charge in [0, 0.05) is 0 Å². The van der Waals surface area contributed by atoms with Gasteiger partial charge in [0.2, 0.25) is 0 Å². The standard InChI is InChI=1S/C14H20N4O2S/c1-10(2)13-6-5-11(3)7-12(13)8-21(19,20)9-14-15-17-18(4)16-14/h5-7,10H,8-9H2,1-4H3. The zero-order valence-electron chi connectivity index (χ0n) is 12.7. The highest BCUT2D eigenvalue weighted by molar-refractivity contribution is 7.89. The molecule has 2 rings (SSSR count). The van der Waals surface area contributed by atoms with E-state index in [0.717, 1.165) is 16.7 Å². The van der Waals surface area contributed by atoms with Crippen LogP contribution in [0.5, 0.6) is 0 Å². The molecule has 0 amide bonds. The van der Waals surface area contributed by atoms with Crippen LogP contribution in [0.4, 0.5) is 0 Å². The number of aromatic nitrogens is 4. The maximum absolute atomic E-state index is 12.3. The number of benzene rings is 1. The summed E-state index contributed by atoms with van der Waals surface area (Å²) in [6.45, 7) is 6.08. The van der Waals surface area contributed by atoms with Crippen molar-refractivity contribution in [2.24, 2.45) is 7.05 Å². The van der Waals surface area contributed by atoms with E-state index in [1.807, 2.05) is 25.1 Å². The van der Waals surface area contributed by atoms with Gasteiger partial charge < -0.3 is 0 Å². The molecule has 1 heterocycles. The van der Waals surface area contributed by atoms with E-state index in [1.165, 1.54) is 4.80 Å². The molecule has 0 saturated heterocycles. The molecule has 7 heteroatoms. The Morgan fingerprint density at radius 1 is 1.24 bits per heavy atom. The Kier molecular flexibility index (Phi) is 4.41. The van der Waals surface area contributed by atoms with E-state index in [2.05, 4.69) is 29.3 Å². The highest BCUT2D eigenvalue weighted by atomic mass is 32.2. The molecule has 0 N–H and O–H groups in total. The molecule has 1 aromatic carbocycles. The molecule has 0 saturated carbocycles. The molecule has 0 bridgehead atoms. The summed E-state index contributed by atoms with van der Waals surface area (Å²) in [5.41, 5.74) is 2.98. The predicted octanol–water partition coefficient (Wildman–Crippen LogP) is 1.76. The van der Waals surface area contributed by atoms with Crippen LogP contribution in [0, 0.1) is 6.92 Å². The molecule has 2 aromatic rings. The Balaban J connectivity index is 2.26. The van der Waals surface area contributed by atoms with Crippen LogP contribution < -0.4 is 0 Å². The first-order valence-electron chi connectivity index (χ1n) is 6.79. The van der Waals surface area contributed by atoms with E-state index in [9.17, 15) is 8.42 Å². The van der Waals surface area contributed by atoms with Gasteiger partial charge in [-0.2, -0.15) is 4.80 Å². The fourth-order valence-electron chi connectivity index (χ4n) is 2.29. The minimum atomic E-state index is -3.33. The van der Waals surface area contributed by atoms with Gasteiger partial charge in [0.1, 0.15) is 5.75 Å². The summed E-state index contributed by atoms with van der Waals surface area (Å²) in [6.07, 6.45) is 0. The Morgan fingerprint density at radius 3 is 2.52 bits per heavy atom. The molecule has 0 radical (unpaired) electrons. The topological polar surface area (TPSA) is 77.7 Å². The Morgan fingerprint density at radius 2 is 1.95 bits per heavy atom. The van der Waals surface area contributed by atoms with Gasteiger partial charge in [-0.3, -0.25) is 0 Å². The lowest BCUT2D eigenvalue weighted by Gasteiger charge is -2.13. The second-order valence-electron chi connectivity index (χ2n) is 5.58. The van der Waals surface area contributed by atoms with E-state index >= 15 is 0 Å². The highest BCUT2D eigenvalue weighted by Gasteiger charge is 2.19. The van der Waals surface area contributed by atoms with Crippen LogP contribution in [0.2, 0.25) is 0 Å². The van der Waals surface area contributed by atoms with Crippen molar-refractivity contribution in [2.75, 3.05) is 0 Å². The average molecular weight is 308 g/mol. The monoisotopic (exact) mass is 308 g/mol. The third-order valence-corrected chi connectivity index (χ3v) is 4.64. The van der Waals surface area contributed by atoms with Crippen LogP contribution in [0.1, 0.15) is 42.3 Å². The van der Waals surface area contributed by atoms with Crippen molar-refractivity contribution >= 4 is 9.84 Å². The number of nitrogens with zero attached hydrogens (tertiary/aromatic N) is 4. The lowest BCUT2D eigenvalue weighted by Crippen LogP contribution is -2.11. The van der Waals surface area contributed by atoms with Gasteiger partial charge >= 0.3 is 0 Å². The molecule has 0 unspecified atom stereocenters. The maximum Gasteiger partial charge on any atom is 0.189 e. The number of sulfone groups is 1. The summed E-state index contributed by atoms with van der Waals surface area (Å²) in [5.74, 6) is 0.328. The maximum atomic E-state index is 12.3. The Bertz CT molecular complexity index is 735. The quantitative estimate of drug-likeness (QED) is 0.841. The second kappa shape index (κ2) is 5.93. The van der Waals surface area contributed by atoms with Gasteiger partial charge in [0.15, 0.2) is 15.7 Å². The van der Waals surface area contributed by atoms with Gasteiger partial charge in [0.05, 0.1) is 12.8 Å². The molecule has 0 spiro atoms. The molecular weight excluding hydrogens is 288 g/mol. The zero-order chi connectivity index (χ0) is 15.6. The van der Waals surface area contributed by atoms with E-state index in [1.54, 1.807) is 7.05 Å². The van der Waals surface area contributed by atoms with Crippen LogP contribution in [0.25, 0.3) is 0 Å². The fourth-order valence-corrected chi connectivity index (χ4v) is 3.62. The number of tetrazole rings is 1. The van der Waals surface area contributed by atoms with Crippen molar-refractivity contribution in [3.63, 3.8) is 0 Å². The normalized spacial score (nSPS) is 12.0. The molecule has 0 fully saturated rings. The number of rotatable bonds is 5. The van der Waals surface area contributed by atoms with Crippen LogP contribution in [-0.2, 0) is 28.4 Å². The van der Waals surface area contributed by atoms with Crippen LogP contribution in [-0.4, -0.2) is 28.6 Å². The second-order valence-corrected chi connectivity index (χ2v) is 7.65. The lowest BCUT2D eigenvalue weighted by atomic mass is 9.96. The van der Waals surface area contributed by atoms with Crippen molar-refractivity contribution in [3.05, 3.63) is 40.7 Å². The third kappa shape index (κ3) is 4.10. The predicted molar refractivity (Wildman–Crippen MR) is 80.4 cm³/mol. The van der Waals surface area contributed by atoms with Gasteiger partial charge in [-0.25, -0.2) is 8.42 Å². The molecule has 21 heavy (non-hydrogen) atoms. The molecule has 0 aliphatic rings. The first-order chi connectivity index (χ1) is 9.77. The summed E-state index contributed by atoms with van der Waals surface area (Å²) in [5, 5.41) is 11.3.